The van der Waals surface area contributed by atoms with Crippen molar-refractivity contribution in [2.45, 2.75) is 19.2 Å². The van der Waals surface area contributed by atoms with Crippen LogP contribution in [0.4, 0.5) is 10.1 Å². The number of nitrogens with zero attached hydrogens (tertiary/aromatic N) is 3. The lowest BCUT2D eigenvalue weighted by molar-refractivity contribution is -0.151. The first-order valence-electron chi connectivity index (χ1n) is 14.0. The van der Waals surface area contributed by atoms with Crippen LogP contribution in [0.2, 0.25) is 0 Å². The average Bonchev–Trinajstić information content (AvgIpc) is 3.38. The summed E-state index contributed by atoms with van der Waals surface area (Å²) in [5.74, 6) is -2.39. The highest BCUT2D eigenvalue weighted by Crippen LogP contribution is 2.46. The summed E-state index contributed by atoms with van der Waals surface area (Å²) < 4.78 is 25.2. The topological polar surface area (TPSA) is 89.0 Å². The summed E-state index contributed by atoms with van der Waals surface area (Å²) in [6.45, 7) is 0.300. The summed E-state index contributed by atoms with van der Waals surface area (Å²) in [4.78, 5) is 47.1. The molecule has 9 heteroatoms. The van der Waals surface area contributed by atoms with Crippen LogP contribution in [0.3, 0.4) is 0 Å². The van der Waals surface area contributed by atoms with Crippen molar-refractivity contribution in [2.75, 3.05) is 19.1 Å². The number of aromatic nitrogens is 1. The number of amides is 2. The van der Waals surface area contributed by atoms with Crippen LogP contribution in [0.15, 0.2) is 103 Å². The first-order chi connectivity index (χ1) is 21.4. The van der Waals surface area contributed by atoms with E-state index in [4.69, 9.17) is 9.47 Å². The zero-order valence-corrected chi connectivity index (χ0v) is 24.1. The second kappa shape index (κ2) is 12.0. The molecule has 6 rings (SSSR count). The zero-order chi connectivity index (χ0) is 30.8. The van der Waals surface area contributed by atoms with Gasteiger partial charge in [-0.25, -0.2) is 9.18 Å². The van der Waals surface area contributed by atoms with E-state index in [0.717, 1.165) is 23.8 Å². The third-order valence-electron chi connectivity index (χ3n) is 7.67. The number of pyridine rings is 1. The quantitative estimate of drug-likeness (QED) is 0.175. The van der Waals surface area contributed by atoms with Gasteiger partial charge in [-0.2, -0.15) is 0 Å². The fourth-order valence-corrected chi connectivity index (χ4v) is 5.58. The van der Waals surface area contributed by atoms with Gasteiger partial charge >= 0.3 is 11.9 Å². The number of benzene rings is 4. The Balaban J connectivity index is 1.56. The molecule has 2 heterocycles. The fourth-order valence-electron chi connectivity index (χ4n) is 5.58. The standard InChI is InChI=1S/C35H28FN3O5/c1-38(34(41)35(42)43-2)30-26-14-9-19-37-29(26)32(44-31(23-10-5-3-6-11-23)24-12-7-4-8-13-24)28-27(30)21-39(33(28)40)20-22-15-17-25(36)18-16-22/h3-19,31H,20-21H2,1-2H3. The summed E-state index contributed by atoms with van der Waals surface area (Å²) in [7, 11) is 2.60. The number of likely N-dealkylation sites (N-methyl/N-ethyl adjacent to an activating group) is 1. The predicted molar refractivity (Wildman–Crippen MR) is 163 cm³/mol. The van der Waals surface area contributed by atoms with Crippen molar-refractivity contribution in [3.05, 3.63) is 137 Å². The highest BCUT2D eigenvalue weighted by atomic mass is 19.1. The number of rotatable bonds is 7. The van der Waals surface area contributed by atoms with E-state index in [0.29, 0.717) is 22.2 Å². The van der Waals surface area contributed by atoms with Gasteiger partial charge in [0.05, 0.1) is 18.4 Å². The summed E-state index contributed by atoms with van der Waals surface area (Å²) in [6.07, 6.45) is 0.995. The van der Waals surface area contributed by atoms with E-state index < -0.39 is 18.0 Å². The Kier molecular flexibility index (Phi) is 7.76. The van der Waals surface area contributed by atoms with Crippen molar-refractivity contribution in [1.82, 2.24) is 9.88 Å². The van der Waals surface area contributed by atoms with Crippen molar-refractivity contribution >= 4 is 34.4 Å². The van der Waals surface area contributed by atoms with Gasteiger partial charge in [0.25, 0.3) is 5.91 Å². The van der Waals surface area contributed by atoms with Crippen molar-refractivity contribution < 1.29 is 28.2 Å². The molecule has 0 N–H and O–H groups in total. The van der Waals surface area contributed by atoms with Crippen molar-refractivity contribution in [3.8, 4) is 5.75 Å². The molecule has 1 aromatic heterocycles. The van der Waals surface area contributed by atoms with E-state index in [9.17, 15) is 18.8 Å². The normalized spacial score (nSPS) is 12.4. The van der Waals surface area contributed by atoms with Gasteiger partial charge in [-0.1, -0.05) is 72.8 Å². The highest BCUT2D eigenvalue weighted by Gasteiger charge is 2.39. The maximum Gasteiger partial charge on any atom is 0.397 e. The minimum absolute atomic E-state index is 0.113. The Morgan fingerprint density at radius 3 is 2.18 bits per heavy atom. The number of ether oxygens (including phenoxy) is 2. The molecule has 0 fully saturated rings. The van der Waals surface area contributed by atoms with E-state index in [-0.39, 0.29) is 36.1 Å². The number of hydrogen-bond donors (Lipinski definition) is 0. The molecule has 0 saturated carbocycles. The minimum atomic E-state index is -1.04. The molecule has 0 unspecified atom stereocenters. The molecule has 8 nitrogen and oxygen atoms in total. The Labute approximate surface area is 253 Å². The molecule has 1 aliphatic heterocycles. The Bertz CT molecular complexity index is 1820. The van der Waals surface area contributed by atoms with Crippen molar-refractivity contribution in [2.24, 2.45) is 0 Å². The van der Waals surface area contributed by atoms with Crippen LogP contribution in [-0.2, 0) is 27.4 Å². The molecule has 220 valence electrons. The summed E-state index contributed by atoms with van der Waals surface area (Å²) in [5.41, 5.74) is 3.93. The molecule has 1 aliphatic rings. The summed E-state index contributed by atoms with van der Waals surface area (Å²) >= 11 is 0. The van der Waals surface area contributed by atoms with E-state index in [2.05, 4.69) is 4.98 Å². The smallest absolute Gasteiger partial charge is 0.397 e. The molecule has 44 heavy (non-hydrogen) atoms. The Morgan fingerprint density at radius 1 is 0.932 bits per heavy atom. The second-order valence-electron chi connectivity index (χ2n) is 10.4. The fraction of sp³-hybridized carbons (Fsp3) is 0.143. The minimum Gasteiger partial charge on any atom is -0.478 e. The molecule has 5 aromatic rings. The number of esters is 1. The van der Waals surface area contributed by atoms with Crippen LogP contribution in [0, 0.1) is 5.82 Å². The number of carbonyl (C=O) groups is 3. The number of carbonyl (C=O) groups excluding carboxylic acids is 3. The molecule has 0 radical (unpaired) electrons. The monoisotopic (exact) mass is 589 g/mol. The van der Waals surface area contributed by atoms with E-state index in [1.807, 2.05) is 60.7 Å². The number of fused-ring (bicyclic) bond motifs is 2. The van der Waals surface area contributed by atoms with Crippen LogP contribution in [0.1, 0.15) is 38.7 Å². The van der Waals surface area contributed by atoms with Gasteiger partial charge in [0, 0.05) is 37.3 Å². The Hall–Kier alpha value is -5.57. The molecule has 4 aromatic carbocycles. The lowest BCUT2D eigenvalue weighted by atomic mass is 9.98. The molecule has 0 spiro atoms. The number of methoxy groups -OCH3 is 1. The maximum atomic E-state index is 14.3. The van der Waals surface area contributed by atoms with Crippen molar-refractivity contribution in [3.63, 3.8) is 0 Å². The third-order valence-corrected chi connectivity index (χ3v) is 7.67. The van der Waals surface area contributed by atoms with Crippen LogP contribution >= 0.6 is 0 Å². The molecule has 0 bridgehead atoms. The molecular weight excluding hydrogens is 561 g/mol. The highest BCUT2D eigenvalue weighted by molar-refractivity contribution is 6.39. The van der Waals surface area contributed by atoms with Gasteiger partial charge < -0.3 is 19.3 Å². The Morgan fingerprint density at radius 2 is 1.57 bits per heavy atom. The SMILES string of the molecule is COC(=O)C(=O)N(C)c1c2c(c(OC(c3ccccc3)c3ccccc3)c3ncccc13)C(=O)N(Cc1ccc(F)cc1)C2. The van der Waals surface area contributed by atoms with Gasteiger partial charge in [-0.15, -0.1) is 0 Å². The van der Waals surface area contributed by atoms with E-state index >= 15 is 0 Å². The molecule has 0 saturated heterocycles. The average molecular weight is 590 g/mol. The van der Waals surface area contributed by atoms with E-state index in [1.54, 1.807) is 35.4 Å². The summed E-state index contributed by atoms with van der Waals surface area (Å²) in [5, 5.41) is 0.525. The molecule has 0 atom stereocenters. The molecular formula is C35H28FN3O5. The molecule has 0 aliphatic carbocycles. The largest absolute Gasteiger partial charge is 0.478 e. The number of anilines is 1. The number of halogens is 1. The molecule has 2 amide bonds. The lowest BCUT2D eigenvalue weighted by Crippen LogP contribution is -2.35. The zero-order valence-electron chi connectivity index (χ0n) is 24.1. The first-order valence-corrected chi connectivity index (χ1v) is 14.0. The van der Waals surface area contributed by atoms with Crippen LogP contribution in [0.25, 0.3) is 10.9 Å². The van der Waals surface area contributed by atoms with Gasteiger partial charge in [-0.3, -0.25) is 14.6 Å². The van der Waals surface area contributed by atoms with E-state index in [1.165, 1.54) is 24.1 Å². The van der Waals surface area contributed by atoms with Crippen LogP contribution in [-0.4, -0.2) is 41.8 Å². The van der Waals surface area contributed by atoms with Crippen LogP contribution < -0.4 is 9.64 Å². The van der Waals surface area contributed by atoms with Crippen LogP contribution in [0.5, 0.6) is 5.75 Å². The first kappa shape index (κ1) is 28.5. The predicted octanol–water partition coefficient (Wildman–Crippen LogP) is 5.83. The second-order valence-corrected chi connectivity index (χ2v) is 10.4. The van der Waals surface area contributed by atoms with Gasteiger partial charge in [0.15, 0.2) is 5.75 Å². The van der Waals surface area contributed by atoms with Crippen molar-refractivity contribution in [1.29, 1.82) is 0 Å². The maximum absolute atomic E-state index is 14.3. The lowest BCUT2D eigenvalue weighted by Gasteiger charge is -2.25. The summed E-state index contributed by atoms with van der Waals surface area (Å²) in [6, 6.07) is 28.7. The number of hydrogen-bond acceptors (Lipinski definition) is 6. The third kappa shape index (κ3) is 5.24. The van der Waals surface area contributed by atoms with Gasteiger partial charge in [0.1, 0.15) is 17.4 Å². The van der Waals surface area contributed by atoms with Gasteiger partial charge in [0.2, 0.25) is 0 Å². The van der Waals surface area contributed by atoms with Gasteiger partial charge in [-0.05, 0) is 41.0 Å².